The van der Waals surface area contributed by atoms with Crippen LogP contribution < -0.4 is 5.32 Å². The molecule has 0 bridgehead atoms. The Kier molecular flexibility index (Phi) is 2.35. The second-order valence-electron chi connectivity index (χ2n) is 4.26. The lowest BCUT2D eigenvalue weighted by Crippen LogP contribution is -2.30. The average molecular weight is 201 g/mol. The molecule has 0 saturated carbocycles. The van der Waals surface area contributed by atoms with Gasteiger partial charge in [0, 0.05) is 17.7 Å². The number of fused-ring (bicyclic) bond motifs is 1. The fraction of sp³-hybridized carbons (Fsp3) is 0.308. The molecule has 1 aliphatic heterocycles. The third-order valence-corrected chi connectivity index (χ3v) is 2.76. The Morgan fingerprint density at radius 1 is 1.40 bits per heavy atom. The van der Waals surface area contributed by atoms with Crippen LogP contribution in [-0.4, -0.2) is 5.91 Å². The SMILES string of the molecule is C=C1Cc2c(cccc2C(C)C)C(=O)N1. The van der Waals surface area contributed by atoms with Gasteiger partial charge in [-0.1, -0.05) is 32.6 Å². The molecule has 0 fully saturated rings. The molecule has 1 aromatic rings. The van der Waals surface area contributed by atoms with E-state index >= 15 is 0 Å². The summed E-state index contributed by atoms with van der Waals surface area (Å²) in [5, 5.41) is 2.77. The van der Waals surface area contributed by atoms with Gasteiger partial charge in [0.15, 0.2) is 0 Å². The molecule has 78 valence electrons. The van der Waals surface area contributed by atoms with Crippen molar-refractivity contribution in [2.45, 2.75) is 26.2 Å². The highest BCUT2D eigenvalue weighted by atomic mass is 16.1. The molecule has 0 saturated heterocycles. The van der Waals surface area contributed by atoms with Gasteiger partial charge in [0.1, 0.15) is 0 Å². The van der Waals surface area contributed by atoms with Crippen LogP contribution in [0.25, 0.3) is 0 Å². The zero-order chi connectivity index (χ0) is 11.0. The van der Waals surface area contributed by atoms with E-state index in [1.807, 2.05) is 12.1 Å². The number of rotatable bonds is 1. The number of benzene rings is 1. The van der Waals surface area contributed by atoms with Gasteiger partial charge in [0.25, 0.3) is 5.91 Å². The van der Waals surface area contributed by atoms with Gasteiger partial charge in [0.05, 0.1) is 0 Å². The maximum Gasteiger partial charge on any atom is 0.255 e. The Morgan fingerprint density at radius 3 is 2.80 bits per heavy atom. The number of carbonyl (C=O) groups is 1. The lowest BCUT2D eigenvalue weighted by Gasteiger charge is -2.22. The molecule has 0 radical (unpaired) electrons. The monoisotopic (exact) mass is 201 g/mol. The van der Waals surface area contributed by atoms with Crippen molar-refractivity contribution in [1.29, 1.82) is 0 Å². The molecule has 0 unspecified atom stereocenters. The number of amides is 1. The van der Waals surface area contributed by atoms with Gasteiger partial charge in [0.2, 0.25) is 0 Å². The van der Waals surface area contributed by atoms with E-state index in [1.165, 1.54) is 5.56 Å². The topological polar surface area (TPSA) is 29.1 Å². The average Bonchev–Trinajstić information content (AvgIpc) is 2.16. The first-order chi connectivity index (χ1) is 7.09. The summed E-state index contributed by atoms with van der Waals surface area (Å²) in [4.78, 5) is 11.7. The van der Waals surface area contributed by atoms with Gasteiger partial charge in [-0.15, -0.1) is 0 Å². The fourth-order valence-electron chi connectivity index (χ4n) is 2.04. The zero-order valence-electron chi connectivity index (χ0n) is 9.13. The second kappa shape index (κ2) is 3.54. The van der Waals surface area contributed by atoms with Crippen molar-refractivity contribution in [1.82, 2.24) is 5.32 Å². The molecule has 0 atom stereocenters. The summed E-state index contributed by atoms with van der Waals surface area (Å²) in [5.74, 6) is 0.419. The Bertz CT molecular complexity index is 432. The molecule has 1 aromatic carbocycles. The molecule has 0 aromatic heterocycles. The van der Waals surface area contributed by atoms with Crippen molar-refractivity contribution in [3.05, 3.63) is 47.2 Å². The number of hydrogen-bond donors (Lipinski definition) is 1. The molecule has 2 nitrogen and oxygen atoms in total. The van der Waals surface area contributed by atoms with Crippen molar-refractivity contribution in [2.24, 2.45) is 0 Å². The summed E-state index contributed by atoms with van der Waals surface area (Å²) >= 11 is 0. The highest BCUT2D eigenvalue weighted by Gasteiger charge is 2.21. The first-order valence-corrected chi connectivity index (χ1v) is 5.20. The first kappa shape index (κ1) is 9.97. The van der Waals surface area contributed by atoms with E-state index in [-0.39, 0.29) is 5.91 Å². The predicted octanol–water partition coefficient (Wildman–Crippen LogP) is 2.61. The summed E-state index contributed by atoms with van der Waals surface area (Å²) in [6.45, 7) is 8.12. The van der Waals surface area contributed by atoms with E-state index in [4.69, 9.17) is 0 Å². The highest BCUT2D eigenvalue weighted by Crippen LogP contribution is 2.27. The molecule has 0 spiro atoms. The van der Waals surface area contributed by atoms with Crippen molar-refractivity contribution in [3.8, 4) is 0 Å². The lowest BCUT2D eigenvalue weighted by molar-refractivity contribution is 0.0959. The second-order valence-corrected chi connectivity index (χ2v) is 4.26. The Hall–Kier alpha value is -1.57. The molecule has 2 heteroatoms. The minimum absolute atomic E-state index is 0.0243. The molecular formula is C13H15NO. The number of allylic oxidation sites excluding steroid dienone is 1. The van der Waals surface area contributed by atoms with Gasteiger partial charge in [-0.05, 0) is 23.1 Å². The maximum absolute atomic E-state index is 11.7. The van der Waals surface area contributed by atoms with Crippen molar-refractivity contribution >= 4 is 5.91 Å². The van der Waals surface area contributed by atoms with Gasteiger partial charge >= 0.3 is 0 Å². The number of carbonyl (C=O) groups excluding carboxylic acids is 1. The molecule has 1 aliphatic rings. The minimum Gasteiger partial charge on any atom is -0.326 e. The van der Waals surface area contributed by atoms with E-state index in [9.17, 15) is 4.79 Å². The van der Waals surface area contributed by atoms with E-state index in [1.54, 1.807) is 0 Å². The van der Waals surface area contributed by atoms with Crippen molar-refractivity contribution < 1.29 is 4.79 Å². The summed E-state index contributed by atoms with van der Waals surface area (Å²) in [7, 11) is 0. The van der Waals surface area contributed by atoms with Crippen LogP contribution in [0.3, 0.4) is 0 Å². The molecule has 15 heavy (non-hydrogen) atoms. The van der Waals surface area contributed by atoms with Crippen LogP contribution in [0.15, 0.2) is 30.5 Å². The van der Waals surface area contributed by atoms with E-state index in [0.29, 0.717) is 5.92 Å². The van der Waals surface area contributed by atoms with Crippen LogP contribution in [0.1, 0.15) is 41.3 Å². The van der Waals surface area contributed by atoms with Gasteiger partial charge in [-0.25, -0.2) is 0 Å². The van der Waals surface area contributed by atoms with Crippen LogP contribution in [-0.2, 0) is 6.42 Å². The normalized spacial score (nSPS) is 15.1. The first-order valence-electron chi connectivity index (χ1n) is 5.20. The van der Waals surface area contributed by atoms with Crippen molar-refractivity contribution in [2.75, 3.05) is 0 Å². The molecule has 2 rings (SSSR count). The van der Waals surface area contributed by atoms with E-state index in [0.717, 1.165) is 23.2 Å². The van der Waals surface area contributed by atoms with E-state index < -0.39 is 0 Å². The molecule has 1 N–H and O–H groups in total. The van der Waals surface area contributed by atoms with Crippen LogP contribution in [0.4, 0.5) is 0 Å². The Labute approximate surface area is 90.0 Å². The molecule has 1 amide bonds. The van der Waals surface area contributed by atoms with Crippen LogP contribution in [0, 0.1) is 0 Å². The van der Waals surface area contributed by atoms with Gasteiger partial charge in [-0.2, -0.15) is 0 Å². The standard InChI is InChI=1S/C13H15NO/c1-8(2)10-5-4-6-11-12(10)7-9(3)14-13(11)15/h4-6,8H,3,7H2,1-2H3,(H,14,15). The third kappa shape index (κ3) is 1.67. The van der Waals surface area contributed by atoms with Crippen LogP contribution in [0.2, 0.25) is 0 Å². The van der Waals surface area contributed by atoms with Crippen LogP contribution >= 0.6 is 0 Å². The lowest BCUT2D eigenvalue weighted by atomic mass is 9.88. The predicted molar refractivity (Wildman–Crippen MR) is 60.8 cm³/mol. The zero-order valence-corrected chi connectivity index (χ0v) is 9.13. The van der Waals surface area contributed by atoms with Gasteiger partial charge < -0.3 is 5.32 Å². The third-order valence-electron chi connectivity index (χ3n) is 2.76. The molecular weight excluding hydrogens is 186 g/mol. The number of nitrogens with one attached hydrogen (secondary N) is 1. The number of hydrogen-bond acceptors (Lipinski definition) is 1. The summed E-state index contributed by atoms with van der Waals surface area (Å²) in [6, 6.07) is 5.92. The Balaban J connectivity index is 2.59. The Morgan fingerprint density at radius 2 is 2.13 bits per heavy atom. The largest absolute Gasteiger partial charge is 0.326 e. The summed E-state index contributed by atoms with van der Waals surface area (Å²) in [5.41, 5.74) is 3.99. The summed E-state index contributed by atoms with van der Waals surface area (Å²) < 4.78 is 0. The summed E-state index contributed by atoms with van der Waals surface area (Å²) in [6.07, 6.45) is 0.759. The van der Waals surface area contributed by atoms with E-state index in [2.05, 4.69) is 31.8 Å². The van der Waals surface area contributed by atoms with Crippen LogP contribution in [0.5, 0.6) is 0 Å². The maximum atomic E-state index is 11.7. The molecule has 1 heterocycles. The van der Waals surface area contributed by atoms with Crippen molar-refractivity contribution in [3.63, 3.8) is 0 Å². The smallest absolute Gasteiger partial charge is 0.255 e. The molecule has 0 aliphatic carbocycles. The van der Waals surface area contributed by atoms with Gasteiger partial charge in [-0.3, -0.25) is 4.79 Å². The quantitative estimate of drug-likeness (QED) is 0.743. The minimum atomic E-state index is -0.0243. The highest BCUT2D eigenvalue weighted by molar-refractivity contribution is 5.98. The fourth-order valence-corrected chi connectivity index (χ4v) is 2.04.